The highest BCUT2D eigenvalue weighted by molar-refractivity contribution is 7.19. The summed E-state index contributed by atoms with van der Waals surface area (Å²) in [4.78, 5) is 14.0. The Hall–Kier alpha value is -1.39. The minimum Gasteiger partial charge on any atom is -0.352 e. The molecule has 1 aromatic heterocycles. The molecule has 2 N–H and O–H groups in total. The summed E-state index contributed by atoms with van der Waals surface area (Å²) < 4.78 is 1.33. The van der Waals surface area contributed by atoms with Crippen LogP contribution >= 0.6 is 11.3 Å². The second-order valence-electron chi connectivity index (χ2n) is 7.10. The lowest BCUT2D eigenvalue weighted by molar-refractivity contribution is -0.124. The number of nitrogens with one attached hydrogen (secondary N) is 2. The van der Waals surface area contributed by atoms with Crippen molar-refractivity contribution in [2.24, 2.45) is 5.92 Å². The molecule has 1 aromatic carbocycles. The van der Waals surface area contributed by atoms with E-state index in [2.05, 4.69) is 41.8 Å². The first-order valence-electron chi connectivity index (χ1n) is 8.74. The van der Waals surface area contributed by atoms with Crippen LogP contribution in [0.15, 0.2) is 24.3 Å². The fraction of sp³-hybridized carbons (Fsp3) is 0.526. The van der Waals surface area contributed by atoms with Crippen molar-refractivity contribution in [2.45, 2.75) is 57.7 Å². The summed E-state index contributed by atoms with van der Waals surface area (Å²) >= 11 is 1.86. The highest BCUT2D eigenvalue weighted by Gasteiger charge is 2.29. The molecule has 2 aromatic rings. The number of carbonyl (C=O) groups is 1. The van der Waals surface area contributed by atoms with Gasteiger partial charge in [0.1, 0.15) is 0 Å². The fourth-order valence-electron chi connectivity index (χ4n) is 3.90. The van der Waals surface area contributed by atoms with E-state index in [9.17, 15) is 4.79 Å². The van der Waals surface area contributed by atoms with E-state index in [1.54, 1.807) is 0 Å². The Morgan fingerprint density at radius 2 is 2.00 bits per heavy atom. The molecule has 0 unspecified atom stereocenters. The Kier molecular flexibility index (Phi) is 4.12. The van der Waals surface area contributed by atoms with Crippen LogP contribution in [0.2, 0.25) is 0 Å². The van der Waals surface area contributed by atoms with E-state index < -0.39 is 0 Å². The number of benzene rings is 1. The van der Waals surface area contributed by atoms with Gasteiger partial charge in [0.25, 0.3) is 0 Å². The van der Waals surface area contributed by atoms with Crippen molar-refractivity contribution in [1.82, 2.24) is 10.6 Å². The number of rotatable bonds is 2. The summed E-state index contributed by atoms with van der Waals surface area (Å²) in [5.74, 6) is 1.00. The van der Waals surface area contributed by atoms with Gasteiger partial charge in [-0.2, -0.15) is 0 Å². The van der Waals surface area contributed by atoms with Crippen LogP contribution in [0.3, 0.4) is 0 Å². The Bertz CT molecular complexity index is 715. The molecule has 0 bridgehead atoms. The van der Waals surface area contributed by atoms with Gasteiger partial charge in [-0.25, -0.2) is 0 Å². The number of carbonyl (C=O) groups excluding carboxylic acids is 1. The van der Waals surface area contributed by atoms with Crippen molar-refractivity contribution in [3.05, 3.63) is 34.7 Å². The van der Waals surface area contributed by atoms with E-state index in [4.69, 9.17) is 0 Å². The molecule has 122 valence electrons. The smallest absolute Gasteiger partial charge is 0.237 e. The van der Waals surface area contributed by atoms with Gasteiger partial charge in [0, 0.05) is 22.2 Å². The predicted molar refractivity (Wildman–Crippen MR) is 95.7 cm³/mol. The van der Waals surface area contributed by atoms with E-state index in [1.807, 2.05) is 11.3 Å². The van der Waals surface area contributed by atoms with Gasteiger partial charge in [0.05, 0.1) is 6.04 Å². The molecule has 3 nitrogen and oxygen atoms in total. The van der Waals surface area contributed by atoms with Gasteiger partial charge in [-0.15, -0.1) is 11.3 Å². The topological polar surface area (TPSA) is 41.1 Å². The van der Waals surface area contributed by atoms with Crippen LogP contribution in [-0.2, 0) is 17.8 Å². The third kappa shape index (κ3) is 3.02. The molecule has 1 amide bonds. The van der Waals surface area contributed by atoms with Crippen LogP contribution in [0.4, 0.5) is 0 Å². The predicted octanol–water partition coefficient (Wildman–Crippen LogP) is 3.61. The molecule has 1 saturated carbocycles. The molecule has 4 heteroatoms. The molecule has 0 radical (unpaired) electrons. The zero-order chi connectivity index (χ0) is 15.8. The first kappa shape index (κ1) is 15.2. The third-order valence-corrected chi connectivity index (χ3v) is 6.59. The molecule has 2 aliphatic rings. The standard InChI is InChI=1S/C19H24N2OS/c1-12-6-8-13(9-7-12)21-19(22)16-10-15-14-4-2-3-5-17(14)23-18(15)11-20-16/h2-5,12-13,16,20H,6-11H2,1H3,(H,21,22)/t12?,13?,16-/m1/s1. The van der Waals surface area contributed by atoms with Crippen molar-refractivity contribution in [1.29, 1.82) is 0 Å². The highest BCUT2D eigenvalue weighted by atomic mass is 32.1. The number of hydrogen-bond donors (Lipinski definition) is 2. The van der Waals surface area contributed by atoms with Gasteiger partial charge in [-0.1, -0.05) is 25.1 Å². The maximum atomic E-state index is 12.6. The van der Waals surface area contributed by atoms with Crippen molar-refractivity contribution in [2.75, 3.05) is 0 Å². The number of amides is 1. The monoisotopic (exact) mass is 328 g/mol. The fourth-order valence-corrected chi connectivity index (χ4v) is 5.09. The van der Waals surface area contributed by atoms with Crippen LogP contribution in [-0.4, -0.2) is 18.0 Å². The second kappa shape index (κ2) is 6.25. The van der Waals surface area contributed by atoms with E-state index in [0.717, 1.165) is 31.7 Å². The number of fused-ring (bicyclic) bond motifs is 3. The summed E-state index contributed by atoms with van der Waals surface area (Å²) in [7, 11) is 0. The molecule has 1 aliphatic heterocycles. The molecule has 0 spiro atoms. The van der Waals surface area contributed by atoms with Gasteiger partial charge in [-0.3, -0.25) is 4.79 Å². The van der Waals surface area contributed by atoms with Crippen LogP contribution in [0.5, 0.6) is 0 Å². The summed E-state index contributed by atoms with van der Waals surface area (Å²) in [6.45, 7) is 3.12. The van der Waals surface area contributed by atoms with E-state index >= 15 is 0 Å². The molecule has 1 fully saturated rings. The van der Waals surface area contributed by atoms with E-state index in [-0.39, 0.29) is 11.9 Å². The lowest BCUT2D eigenvalue weighted by Gasteiger charge is -2.30. The van der Waals surface area contributed by atoms with Gasteiger partial charge in [0.2, 0.25) is 5.91 Å². The van der Waals surface area contributed by atoms with Crippen molar-refractivity contribution < 1.29 is 4.79 Å². The minimum atomic E-state index is -0.0835. The molecule has 0 saturated heterocycles. The van der Waals surface area contributed by atoms with Gasteiger partial charge < -0.3 is 10.6 Å². The van der Waals surface area contributed by atoms with Crippen LogP contribution in [0, 0.1) is 5.92 Å². The Labute approximate surface area is 141 Å². The van der Waals surface area contributed by atoms with Gasteiger partial charge >= 0.3 is 0 Å². The maximum Gasteiger partial charge on any atom is 0.237 e. The maximum absolute atomic E-state index is 12.6. The number of thiophene rings is 1. The lowest BCUT2D eigenvalue weighted by Crippen LogP contribution is -2.50. The van der Waals surface area contributed by atoms with E-state index in [0.29, 0.717) is 6.04 Å². The average Bonchev–Trinajstić information content (AvgIpc) is 2.94. The summed E-state index contributed by atoms with van der Waals surface area (Å²) in [5, 5.41) is 8.05. The molecule has 23 heavy (non-hydrogen) atoms. The highest BCUT2D eigenvalue weighted by Crippen LogP contribution is 2.34. The second-order valence-corrected chi connectivity index (χ2v) is 8.24. The molecule has 4 rings (SSSR count). The lowest BCUT2D eigenvalue weighted by atomic mass is 9.87. The Morgan fingerprint density at radius 3 is 2.83 bits per heavy atom. The quantitative estimate of drug-likeness (QED) is 0.884. The van der Waals surface area contributed by atoms with E-state index in [1.165, 1.54) is 33.4 Å². The SMILES string of the molecule is CC1CCC(NC(=O)[C@H]2Cc3c(sc4ccccc34)CN2)CC1. The largest absolute Gasteiger partial charge is 0.352 e. The zero-order valence-electron chi connectivity index (χ0n) is 13.6. The molecular weight excluding hydrogens is 304 g/mol. The summed E-state index contributed by atoms with van der Waals surface area (Å²) in [6, 6.07) is 8.84. The normalized spacial score (nSPS) is 27.6. The zero-order valence-corrected chi connectivity index (χ0v) is 14.4. The van der Waals surface area contributed by atoms with Crippen LogP contribution in [0.25, 0.3) is 10.1 Å². The first-order chi connectivity index (χ1) is 11.2. The van der Waals surface area contributed by atoms with Crippen LogP contribution in [0.1, 0.15) is 43.0 Å². The first-order valence-corrected chi connectivity index (χ1v) is 9.55. The Balaban J connectivity index is 1.46. The summed E-state index contributed by atoms with van der Waals surface area (Å²) in [6.07, 6.45) is 5.55. The molecule has 1 aliphatic carbocycles. The molecular formula is C19H24N2OS. The number of hydrogen-bond acceptors (Lipinski definition) is 3. The van der Waals surface area contributed by atoms with Crippen LogP contribution < -0.4 is 10.6 Å². The van der Waals surface area contributed by atoms with Gasteiger partial charge in [-0.05, 0) is 55.0 Å². The average molecular weight is 328 g/mol. The molecule has 1 atom stereocenters. The summed E-state index contributed by atoms with van der Waals surface area (Å²) in [5.41, 5.74) is 1.38. The van der Waals surface area contributed by atoms with Crippen molar-refractivity contribution in [3.63, 3.8) is 0 Å². The molecule has 2 heterocycles. The van der Waals surface area contributed by atoms with Crippen molar-refractivity contribution in [3.8, 4) is 0 Å². The minimum absolute atomic E-state index is 0.0835. The van der Waals surface area contributed by atoms with Gasteiger partial charge in [0.15, 0.2) is 0 Å². The van der Waals surface area contributed by atoms with Crippen molar-refractivity contribution >= 4 is 27.3 Å². The third-order valence-electron chi connectivity index (χ3n) is 5.38. The Morgan fingerprint density at radius 1 is 1.22 bits per heavy atom.